The molecule has 6 nitrogen and oxygen atoms in total. The molecule has 0 saturated carbocycles. The largest absolute Gasteiger partial charge is 0.382 e. The highest BCUT2D eigenvalue weighted by molar-refractivity contribution is 6.30. The molecule has 0 aliphatic rings. The number of hydrogen-bond donors (Lipinski definition) is 1. The predicted octanol–water partition coefficient (Wildman–Crippen LogP) is 4.58. The molecule has 7 heteroatoms. The SMILES string of the molecule is Cc1nc2c(N)nc3ccccc3c2n1Cc1cc(-c2ccc(Cl)cc2)n(C)n1. The van der Waals surface area contributed by atoms with Crippen molar-refractivity contribution in [1.82, 2.24) is 24.3 Å². The minimum atomic E-state index is 0.448. The maximum Gasteiger partial charge on any atom is 0.152 e. The third-order valence-electron chi connectivity index (χ3n) is 5.19. The van der Waals surface area contributed by atoms with Crippen molar-refractivity contribution >= 4 is 39.4 Å². The second-order valence-corrected chi connectivity index (χ2v) is 7.54. The van der Waals surface area contributed by atoms with Crippen LogP contribution in [-0.4, -0.2) is 24.3 Å². The number of nitrogens with zero attached hydrogens (tertiary/aromatic N) is 5. The lowest BCUT2D eigenvalue weighted by Gasteiger charge is -2.07. The molecule has 0 saturated heterocycles. The quantitative estimate of drug-likeness (QED) is 0.479. The molecule has 5 aromatic rings. The predicted molar refractivity (Wildman–Crippen MR) is 117 cm³/mol. The molecule has 2 aromatic carbocycles. The van der Waals surface area contributed by atoms with Gasteiger partial charge in [-0.1, -0.05) is 41.9 Å². The summed E-state index contributed by atoms with van der Waals surface area (Å²) in [6.45, 7) is 2.58. The monoisotopic (exact) mass is 402 g/mol. The number of benzene rings is 2. The van der Waals surface area contributed by atoms with Crippen LogP contribution in [0, 0.1) is 6.92 Å². The Labute approximate surface area is 172 Å². The number of hydrogen-bond acceptors (Lipinski definition) is 4. The fourth-order valence-corrected chi connectivity index (χ4v) is 3.95. The molecule has 0 radical (unpaired) electrons. The van der Waals surface area contributed by atoms with Gasteiger partial charge in [0.15, 0.2) is 5.82 Å². The minimum Gasteiger partial charge on any atom is -0.382 e. The molecule has 144 valence electrons. The van der Waals surface area contributed by atoms with Gasteiger partial charge in [-0.15, -0.1) is 0 Å². The second-order valence-electron chi connectivity index (χ2n) is 7.11. The summed E-state index contributed by atoms with van der Waals surface area (Å²) in [5.41, 5.74) is 11.8. The molecule has 5 rings (SSSR count). The highest BCUT2D eigenvalue weighted by atomic mass is 35.5. The summed E-state index contributed by atoms with van der Waals surface area (Å²) in [5, 5.41) is 6.47. The molecule has 29 heavy (non-hydrogen) atoms. The average Bonchev–Trinajstić information content (AvgIpc) is 3.23. The molecule has 3 heterocycles. The smallest absolute Gasteiger partial charge is 0.152 e. The lowest BCUT2D eigenvalue weighted by Crippen LogP contribution is -2.04. The van der Waals surface area contributed by atoms with E-state index >= 15 is 0 Å². The molecular weight excluding hydrogens is 384 g/mol. The fourth-order valence-electron chi connectivity index (χ4n) is 3.82. The van der Waals surface area contributed by atoms with Gasteiger partial charge in [0.05, 0.1) is 29.0 Å². The van der Waals surface area contributed by atoms with Crippen molar-refractivity contribution in [1.29, 1.82) is 0 Å². The van der Waals surface area contributed by atoms with Gasteiger partial charge in [0.1, 0.15) is 11.3 Å². The number of nitrogen functional groups attached to an aromatic ring is 1. The zero-order valence-corrected chi connectivity index (χ0v) is 16.9. The van der Waals surface area contributed by atoms with E-state index in [1.54, 1.807) is 0 Å². The van der Waals surface area contributed by atoms with E-state index in [9.17, 15) is 0 Å². The molecule has 0 unspecified atom stereocenters. The van der Waals surface area contributed by atoms with Crippen molar-refractivity contribution < 1.29 is 0 Å². The summed E-state index contributed by atoms with van der Waals surface area (Å²) in [5.74, 6) is 1.33. The van der Waals surface area contributed by atoms with Gasteiger partial charge in [0.25, 0.3) is 0 Å². The number of aromatic nitrogens is 5. The number of fused-ring (bicyclic) bond motifs is 3. The Kier molecular flexibility index (Phi) is 4.03. The zero-order valence-electron chi connectivity index (χ0n) is 16.1. The standard InChI is InChI=1S/C22H19ClN6/c1-13-25-20-21(17-5-3-4-6-18(17)26-22(20)24)29(13)12-16-11-19(28(2)27-16)14-7-9-15(23)10-8-14/h3-11H,12H2,1-2H3,(H2,24,26). The zero-order chi connectivity index (χ0) is 20.1. The van der Waals surface area contributed by atoms with Gasteiger partial charge in [-0.3, -0.25) is 4.68 Å². The van der Waals surface area contributed by atoms with Gasteiger partial charge in [-0.25, -0.2) is 9.97 Å². The van der Waals surface area contributed by atoms with Gasteiger partial charge >= 0.3 is 0 Å². The maximum absolute atomic E-state index is 6.20. The van der Waals surface area contributed by atoms with Crippen molar-refractivity contribution in [2.45, 2.75) is 13.5 Å². The lowest BCUT2D eigenvalue weighted by atomic mass is 10.1. The number of para-hydroxylation sites is 1. The van der Waals surface area contributed by atoms with Gasteiger partial charge in [-0.2, -0.15) is 5.10 Å². The van der Waals surface area contributed by atoms with Crippen LogP contribution in [-0.2, 0) is 13.6 Å². The summed E-state index contributed by atoms with van der Waals surface area (Å²) in [7, 11) is 1.95. The fraction of sp³-hybridized carbons (Fsp3) is 0.136. The molecule has 2 N–H and O–H groups in total. The van der Waals surface area contributed by atoms with Crippen LogP contribution in [0.15, 0.2) is 54.6 Å². The first-order chi connectivity index (χ1) is 14.0. The highest BCUT2D eigenvalue weighted by Crippen LogP contribution is 2.29. The van der Waals surface area contributed by atoms with Crippen LogP contribution in [0.2, 0.25) is 5.02 Å². The van der Waals surface area contributed by atoms with E-state index in [4.69, 9.17) is 22.4 Å². The second kappa shape index (κ2) is 6.60. The van der Waals surface area contributed by atoms with Crippen LogP contribution in [0.1, 0.15) is 11.5 Å². The van der Waals surface area contributed by atoms with Crippen molar-refractivity contribution in [3.05, 3.63) is 71.1 Å². The maximum atomic E-state index is 6.20. The van der Waals surface area contributed by atoms with E-state index in [0.717, 1.165) is 49.7 Å². The number of rotatable bonds is 3. The molecule has 0 fully saturated rings. The Hall–Kier alpha value is -3.38. The normalized spacial score (nSPS) is 11.6. The topological polar surface area (TPSA) is 74.5 Å². The first-order valence-corrected chi connectivity index (χ1v) is 9.69. The summed E-state index contributed by atoms with van der Waals surface area (Å²) in [6, 6.07) is 17.9. The average molecular weight is 403 g/mol. The number of anilines is 1. The first-order valence-electron chi connectivity index (χ1n) is 9.31. The summed E-state index contributed by atoms with van der Waals surface area (Å²) >= 11 is 6.02. The van der Waals surface area contributed by atoms with Crippen molar-refractivity contribution in [2.24, 2.45) is 7.05 Å². The summed E-state index contributed by atoms with van der Waals surface area (Å²) in [4.78, 5) is 9.18. The van der Waals surface area contributed by atoms with Crippen molar-refractivity contribution in [3.8, 4) is 11.3 Å². The van der Waals surface area contributed by atoms with Crippen molar-refractivity contribution in [3.63, 3.8) is 0 Å². The molecule has 0 aliphatic carbocycles. The summed E-state index contributed by atoms with van der Waals surface area (Å²) < 4.78 is 4.05. The van der Waals surface area contributed by atoms with Crippen molar-refractivity contribution in [2.75, 3.05) is 5.73 Å². The number of nitrogens with two attached hydrogens (primary N) is 1. The van der Waals surface area contributed by atoms with Gasteiger partial charge in [0, 0.05) is 17.5 Å². The van der Waals surface area contributed by atoms with E-state index in [2.05, 4.69) is 26.7 Å². The molecule has 0 spiro atoms. The summed E-state index contributed by atoms with van der Waals surface area (Å²) in [6.07, 6.45) is 0. The van der Waals surface area contributed by atoms with E-state index in [-0.39, 0.29) is 0 Å². The lowest BCUT2D eigenvalue weighted by molar-refractivity contribution is 0.708. The molecule has 0 amide bonds. The van der Waals surface area contributed by atoms with Crippen LogP contribution >= 0.6 is 11.6 Å². The van der Waals surface area contributed by atoms with E-state index < -0.39 is 0 Å². The Balaban J connectivity index is 1.64. The molecule has 0 atom stereocenters. The van der Waals surface area contributed by atoms with Crippen LogP contribution < -0.4 is 5.73 Å². The third-order valence-corrected chi connectivity index (χ3v) is 5.44. The Bertz CT molecular complexity index is 1360. The van der Waals surface area contributed by atoms with E-state index in [1.165, 1.54) is 0 Å². The van der Waals surface area contributed by atoms with Gasteiger partial charge in [-0.05, 0) is 36.8 Å². The number of halogens is 1. The Morgan fingerprint density at radius 1 is 1.03 bits per heavy atom. The highest BCUT2D eigenvalue weighted by Gasteiger charge is 2.17. The van der Waals surface area contributed by atoms with E-state index in [0.29, 0.717) is 12.4 Å². The molecular formula is C22H19ClN6. The number of aryl methyl sites for hydroxylation is 2. The van der Waals surface area contributed by atoms with Crippen LogP contribution in [0.5, 0.6) is 0 Å². The number of pyridine rings is 1. The Morgan fingerprint density at radius 3 is 2.59 bits per heavy atom. The molecule has 3 aromatic heterocycles. The number of imidazole rings is 1. The third kappa shape index (κ3) is 2.93. The first kappa shape index (κ1) is 17.7. The van der Waals surface area contributed by atoms with Gasteiger partial charge in [0.2, 0.25) is 0 Å². The molecule has 0 bridgehead atoms. The Morgan fingerprint density at radius 2 is 1.79 bits per heavy atom. The van der Waals surface area contributed by atoms with Crippen LogP contribution in [0.3, 0.4) is 0 Å². The molecule has 0 aliphatic heterocycles. The van der Waals surface area contributed by atoms with Crippen LogP contribution in [0.4, 0.5) is 5.82 Å². The van der Waals surface area contributed by atoms with Gasteiger partial charge < -0.3 is 10.3 Å². The van der Waals surface area contributed by atoms with E-state index in [1.807, 2.05) is 61.1 Å². The van der Waals surface area contributed by atoms with Crippen LogP contribution in [0.25, 0.3) is 33.2 Å². The minimum absolute atomic E-state index is 0.448.